The molecule has 0 aromatic heterocycles. The zero-order valence-electron chi connectivity index (χ0n) is 15.0. The van der Waals surface area contributed by atoms with E-state index in [2.05, 4.69) is 5.32 Å². The number of alkyl halides is 3. The van der Waals surface area contributed by atoms with E-state index in [0.29, 0.717) is 0 Å². The number of nitrogens with one attached hydrogen (secondary N) is 1. The molecule has 0 aliphatic carbocycles. The molecule has 0 saturated carbocycles. The van der Waals surface area contributed by atoms with E-state index in [1.807, 2.05) is 0 Å². The van der Waals surface area contributed by atoms with E-state index in [-0.39, 0.29) is 34.3 Å². The predicted molar refractivity (Wildman–Crippen MR) is 101 cm³/mol. The van der Waals surface area contributed by atoms with E-state index in [0.717, 1.165) is 24.3 Å². The van der Waals surface area contributed by atoms with Crippen LogP contribution >= 0.6 is 11.6 Å². The summed E-state index contributed by atoms with van der Waals surface area (Å²) in [6.45, 7) is 3.77. The molecular weight excluding hydrogens is 417 g/mol. The molecule has 0 radical (unpaired) electrons. The zero-order chi connectivity index (χ0) is 21.1. The first kappa shape index (κ1) is 22.2. The van der Waals surface area contributed by atoms with E-state index >= 15 is 0 Å². The van der Waals surface area contributed by atoms with Gasteiger partial charge in [0.1, 0.15) is 4.90 Å². The van der Waals surface area contributed by atoms with Gasteiger partial charge in [-0.25, -0.2) is 8.42 Å². The molecule has 0 atom stereocenters. The molecule has 0 heterocycles. The number of carbonyl (C=O) groups is 1. The van der Waals surface area contributed by atoms with Crippen molar-refractivity contribution in [3.05, 3.63) is 58.6 Å². The van der Waals surface area contributed by atoms with E-state index in [9.17, 15) is 26.4 Å². The van der Waals surface area contributed by atoms with Gasteiger partial charge in [-0.15, -0.1) is 0 Å². The SMILES string of the molecule is CCN(CC)S(=O)(=O)c1cc(C(=O)Nc2cccc(C(F)(F)F)c2)ccc1Cl. The Morgan fingerprint density at radius 3 is 2.32 bits per heavy atom. The van der Waals surface area contributed by atoms with Gasteiger partial charge in [0.25, 0.3) is 5.91 Å². The molecule has 0 aliphatic rings. The number of anilines is 1. The number of nitrogens with zero attached hydrogens (tertiary/aromatic N) is 1. The molecule has 2 rings (SSSR count). The van der Waals surface area contributed by atoms with Crippen molar-refractivity contribution in [1.29, 1.82) is 0 Å². The van der Waals surface area contributed by atoms with Crippen molar-refractivity contribution in [2.45, 2.75) is 24.9 Å². The third-order valence-corrected chi connectivity index (χ3v) is 6.50. The van der Waals surface area contributed by atoms with Crippen LogP contribution in [0.1, 0.15) is 29.8 Å². The van der Waals surface area contributed by atoms with Gasteiger partial charge in [-0.1, -0.05) is 31.5 Å². The normalized spacial score (nSPS) is 12.2. The van der Waals surface area contributed by atoms with Gasteiger partial charge in [0.15, 0.2) is 0 Å². The molecule has 152 valence electrons. The maximum Gasteiger partial charge on any atom is 0.416 e. The summed E-state index contributed by atoms with van der Waals surface area (Å²) >= 11 is 6.01. The van der Waals surface area contributed by atoms with Crippen molar-refractivity contribution >= 4 is 33.2 Å². The second-order valence-electron chi connectivity index (χ2n) is 5.77. The van der Waals surface area contributed by atoms with Crippen LogP contribution in [0, 0.1) is 0 Å². The highest BCUT2D eigenvalue weighted by Gasteiger charge is 2.30. The highest BCUT2D eigenvalue weighted by atomic mass is 35.5. The van der Waals surface area contributed by atoms with Gasteiger partial charge in [0, 0.05) is 24.3 Å². The van der Waals surface area contributed by atoms with Gasteiger partial charge in [-0.3, -0.25) is 4.79 Å². The fourth-order valence-electron chi connectivity index (χ4n) is 2.52. The van der Waals surface area contributed by atoms with Crippen LogP contribution < -0.4 is 5.32 Å². The fourth-order valence-corrected chi connectivity index (χ4v) is 4.48. The van der Waals surface area contributed by atoms with E-state index in [1.54, 1.807) is 13.8 Å². The van der Waals surface area contributed by atoms with Crippen LogP contribution in [0.3, 0.4) is 0 Å². The third kappa shape index (κ3) is 4.84. The average molecular weight is 435 g/mol. The average Bonchev–Trinajstić information content (AvgIpc) is 2.62. The molecule has 0 bridgehead atoms. The highest BCUT2D eigenvalue weighted by Crippen LogP contribution is 2.31. The topological polar surface area (TPSA) is 66.5 Å². The van der Waals surface area contributed by atoms with Gasteiger partial charge in [0.2, 0.25) is 10.0 Å². The van der Waals surface area contributed by atoms with Crippen LogP contribution in [0.15, 0.2) is 47.4 Å². The quantitative estimate of drug-likeness (QED) is 0.720. The summed E-state index contributed by atoms with van der Waals surface area (Å²) in [5.74, 6) is -0.757. The lowest BCUT2D eigenvalue weighted by atomic mass is 10.1. The monoisotopic (exact) mass is 434 g/mol. The van der Waals surface area contributed by atoms with Crippen LogP contribution in [0.2, 0.25) is 5.02 Å². The van der Waals surface area contributed by atoms with Crippen molar-refractivity contribution in [1.82, 2.24) is 4.31 Å². The number of rotatable bonds is 6. The molecule has 1 N–H and O–H groups in total. The summed E-state index contributed by atoms with van der Waals surface area (Å²) in [4.78, 5) is 12.2. The number of amides is 1. The number of benzene rings is 2. The standard InChI is InChI=1S/C18H18ClF3N2O3S/c1-3-24(4-2)28(26,27)16-10-12(8-9-15(16)19)17(25)23-14-7-5-6-13(11-14)18(20,21)22/h5-11H,3-4H2,1-2H3,(H,23,25). The molecule has 0 spiro atoms. The number of hydrogen-bond donors (Lipinski definition) is 1. The molecule has 5 nitrogen and oxygen atoms in total. The maximum atomic E-state index is 12.8. The Balaban J connectivity index is 2.36. The Kier molecular flexibility index (Phi) is 6.74. The van der Waals surface area contributed by atoms with E-state index in [4.69, 9.17) is 11.6 Å². The van der Waals surface area contributed by atoms with Gasteiger partial charge < -0.3 is 5.32 Å². The minimum absolute atomic E-state index is 0.0486. The second-order valence-corrected chi connectivity index (χ2v) is 8.08. The lowest BCUT2D eigenvalue weighted by molar-refractivity contribution is -0.137. The lowest BCUT2D eigenvalue weighted by Crippen LogP contribution is -2.31. The summed E-state index contributed by atoms with van der Waals surface area (Å²) in [6, 6.07) is 7.81. The Morgan fingerprint density at radius 1 is 1.11 bits per heavy atom. The zero-order valence-corrected chi connectivity index (χ0v) is 16.6. The number of sulfonamides is 1. The number of hydrogen-bond acceptors (Lipinski definition) is 3. The van der Waals surface area contributed by atoms with Gasteiger partial charge >= 0.3 is 6.18 Å². The predicted octanol–water partition coefficient (Wildman–Crippen LogP) is 4.64. The smallest absolute Gasteiger partial charge is 0.322 e. The van der Waals surface area contributed by atoms with Crippen LogP contribution in [0.25, 0.3) is 0 Å². The Morgan fingerprint density at radius 2 is 1.75 bits per heavy atom. The summed E-state index contributed by atoms with van der Waals surface area (Å²) in [5.41, 5.74) is -1.03. The van der Waals surface area contributed by atoms with E-state index < -0.39 is 27.7 Å². The molecule has 0 saturated heterocycles. The Bertz CT molecular complexity index is 974. The van der Waals surface area contributed by atoms with Crippen molar-refractivity contribution in [3.8, 4) is 0 Å². The second kappa shape index (κ2) is 8.50. The molecular formula is C18H18ClF3N2O3S. The summed E-state index contributed by atoms with van der Waals surface area (Å²) in [7, 11) is -3.91. The van der Waals surface area contributed by atoms with Gasteiger partial charge in [-0.2, -0.15) is 17.5 Å². The first-order valence-electron chi connectivity index (χ1n) is 8.29. The van der Waals surface area contributed by atoms with Gasteiger partial charge in [-0.05, 0) is 36.4 Å². The van der Waals surface area contributed by atoms with Crippen molar-refractivity contribution in [2.75, 3.05) is 18.4 Å². The number of halogens is 4. The summed E-state index contributed by atoms with van der Waals surface area (Å²) < 4.78 is 65.0. The Hall–Kier alpha value is -2.10. The highest BCUT2D eigenvalue weighted by molar-refractivity contribution is 7.89. The van der Waals surface area contributed by atoms with Crippen LogP contribution in [0.4, 0.5) is 18.9 Å². The van der Waals surface area contributed by atoms with Crippen molar-refractivity contribution in [3.63, 3.8) is 0 Å². The lowest BCUT2D eigenvalue weighted by Gasteiger charge is -2.19. The number of carbonyl (C=O) groups excluding carboxylic acids is 1. The van der Waals surface area contributed by atoms with Crippen LogP contribution in [-0.4, -0.2) is 31.7 Å². The molecule has 1 amide bonds. The molecule has 0 aliphatic heterocycles. The van der Waals surface area contributed by atoms with Crippen LogP contribution in [-0.2, 0) is 16.2 Å². The molecule has 0 fully saturated rings. The Labute approximate surface area is 166 Å². The first-order valence-corrected chi connectivity index (χ1v) is 10.1. The summed E-state index contributed by atoms with van der Waals surface area (Å²) in [5, 5.41) is 2.28. The first-order chi connectivity index (χ1) is 13.0. The molecule has 28 heavy (non-hydrogen) atoms. The maximum absolute atomic E-state index is 12.8. The minimum Gasteiger partial charge on any atom is -0.322 e. The molecule has 2 aromatic rings. The summed E-state index contributed by atoms with van der Waals surface area (Å²) in [6.07, 6.45) is -4.55. The minimum atomic E-state index is -4.55. The molecule has 10 heteroatoms. The van der Waals surface area contributed by atoms with Crippen molar-refractivity contribution in [2.24, 2.45) is 0 Å². The third-order valence-electron chi connectivity index (χ3n) is 3.96. The molecule has 2 aromatic carbocycles. The van der Waals surface area contributed by atoms with Gasteiger partial charge in [0.05, 0.1) is 10.6 Å². The largest absolute Gasteiger partial charge is 0.416 e. The molecule has 0 unspecified atom stereocenters. The van der Waals surface area contributed by atoms with Crippen LogP contribution in [0.5, 0.6) is 0 Å². The fraction of sp³-hybridized carbons (Fsp3) is 0.278. The van der Waals surface area contributed by atoms with Crippen molar-refractivity contribution < 1.29 is 26.4 Å². The van der Waals surface area contributed by atoms with E-state index in [1.165, 1.54) is 22.5 Å².